The fraction of sp³-hybridized carbons (Fsp3) is 0.364. The van der Waals surface area contributed by atoms with Gasteiger partial charge < -0.3 is 5.32 Å². The van der Waals surface area contributed by atoms with E-state index in [2.05, 4.69) is 15.4 Å². The number of hydrogen-bond donors (Lipinski definition) is 1. The van der Waals surface area contributed by atoms with E-state index in [1.807, 2.05) is 19.1 Å². The van der Waals surface area contributed by atoms with E-state index in [1.165, 1.54) is 17.7 Å². The number of nitrogens with one attached hydrogen (secondary N) is 1. The molecule has 17 heavy (non-hydrogen) atoms. The molecule has 1 amide bonds. The van der Waals surface area contributed by atoms with Crippen LogP contribution in [0.5, 0.6) is 0 Å². The second-order valence-electron chi connectivity index (χ2n) is 3.68. The summed E-state index contributed by atoms with van der Waals surface area (Å²) < 4.78 is 1.75. The molecule has 2 heterocycles. The van der Waals surface area contributed by atoms with E-state index in [9.17, 15) is 4.79 Å². The van der Waals surface area contributed by atoms with Gasteiger partial charge in [0.25, 0.3) is 5.91 Å². The fourth-order valence-electron chi connectivity index (χ4n) is 1.43. The molecular formula is C11H14N4OS. The maximum Gasteiger partial charge on any atom is 0.261 e. The van der Waals surface area contributed by atoms with Gasteiger partial charge in [0, 0.05) is 18.0 Å². The molecule has 0 aliphatic heterocycles. The number of thiophene rings is 1. The highest BCUT2D eigenvalue weighted by Gasteiger charge is 2.06. The fourth-order valence-corrected chi connectivity index (χ4v) is 2.22. The first-order chi connectivity index (χ1) is 8.25. The standard InChI is InChI=1S/C11H14N4OS/c1-9-3-4-10(17-9)11(16)13-5-2-6-15-8-12-7-14-15/h3-4,7-8H,2,5-6H2,1H3,(H,13,16). The van der Waals surface area contributed by atoms with Crippen molar-refractivity contribution in [2.24, 2.45) is 0 Å². The van der Waals surface area contributed by atoms with Crippen molar-refractivity contribution in [2.75, 3.05) is 6.54 Å². The van der Waals surface area contributed by atoms with Crippen LogP contribution in [0.1, 0.15) is 21.0 Å². The minimum absolute atomic E-state index is 0.00157. The summed E-state index contributed by atoms with van der Waals surface area (Å²) in [6, 6.07) is 3.81. The van der Waals surface area contributed by atoms with Crippen molar-refractivity contribution in [3.63, 3.8) is 0 Å². The molecule has 2 aromatic rings. The third-order valence-electron chi connectivity index (χ3n) is 2.28. The van der Waals surface area contributed by atoms with Crippen molar-refractivity contribution in [3.05, 3.63) is 34.5 Å². The molecule has 0 saturated heterocycles. The minimum atomic E-state index is 0.00157. The number of aromatic nitrogens is 3. The van der Waals surface area contributed by atoms with Crippen LogP contribution in [0, 0.1) is 6.92 Å². The van der Waals surface area contributed by atoms with Crippen molar-refractivity contribution >= 4 is 17.2 Å². The van der Waals surface area contributed by atoms with E-state index < -0.39 is 0 Å². The number of aryl methyl sites for hydroxylation is 2. The molecule has 6 heteroatoms. The average Bonchev–Trinajstić information content (AvgIpc) is 2.95. The van der Waals surface area contributed by atoms with Crippen LogP contribution in [0.15, 0.2) is 24.8 Å². The summed E-state index contributed by atoms with van der Waals surface area (Å²) in [4.78, 5) is 17.5. The largest absolute Gasteiger partial charge is 0.351 e. The molecule has 0 aliphatic rings. The monoisotopic (exact) mass is 250 g/mol. The Bertz CT molecular complexity index is 477. The Labute approximate surface area is 103 Å². The lowest BCUT2D eigenvalue weighted by atomic mass is 10.4. The van der Waals surface area contributed by atoms with E-state index in [0.29, 0.717) is 6.54 Å². The topological polar surface area (TPSA) is 59.8 Å². The van der Waals surface area contributed by atoms with Gasteiger partial charge in [-0.05, 0) is 25.5 Å². The maximum absolute atomic E-state index is 11.7. The van der Waals surface area contributed by atoms with Crippen molar-refractivity contribution < 1.29 is 4.79 Å². The van der Waals surface area contributed by atoms with Gasteiger partial charge in [0.15, 0.2) is 0 Å². The van der Waals surface area contributed by atoms with Gasteiger partial charge in [-0.25, -0.2) is 4.98 Å². The van der Waals surface area contributed by atoms with Crippen molar-refractivity contribution in [1.29, 1.82) is 0 Å². The van der Waals surface area contributed by atoms with Crippen LogP contribution in [-0.4, -0.2) is 27.2 Å². The van der Waals surface area contributed by atoms with Crippen LogP contribution in [0.3, 0.4) is 0 Å². The molecule has 0 atom stereocenters. The van der Waals surface area contributed by atoms with Crippen molar-refractivity contribution in [3.8, 4) is 0 Å². The molecule has 5 nitrogen and oxygen atoms in total. The van der Waals surface area contributed by atoms with Crippen LogP contribution in [0.25, 0.3) is 0 Å². The highest BCUT2D eigenvalue weighted by molar-refractivity contribution is 7.13. The first kappa shape index (κ1) is 11.8. The third kappa shape index (κ3) is 3.39. The maximum atomic E-state index is 11.7. The molecule has 0 fully saturated rings. The van der Waals surface area contributed by atoms with Gasteiger partial charge in [0.05, 0.1) is 4.88 Å². The molecular weight excluding hydrogens is 236 g/mol. The minimum Gasteiger partial charge on any atom is -0.351 e. The predicted molar refractivity (Wildman–Crippen MR) is 66.0 cm³/mol. The van der Waals surface area contributed by atoms with Gasteiger partial charge in [0.1, 0.15) is 12.7 Å². The van der Waals surface area contributed by atoms with Crippen molar-refractivity contribution in [1.82, 2.24) is 20.1 Å². The quantitative estimate of drug-likeness (QED) is 0.817. The third-order valence-corrected chi connectivity index (χ3v) is 3.28. The number of rotatable bonds is 5. The zero-order chi connectivity index (χ0) is 12.1. The van der Waals surface area contributed by atoms with Crippen LogP contribution in [-0.2, 0) is 6.54 Å². The normalized spacial score (nSPS) is 10.4. The smallest absolute Gasteiger partial charge is 0.261 e. The summed E-state index contributed by atoms with van der Waals surface area (Å²) >= 11 is 1.51. The Hall–Kier alpha value is -1.69. The number of carbonyl (C=O) groups excluding carboxylic acids is 1. The summed E-state index contributed by atoms with van der Waals surface area (Å²) in [5, 5.41) is 6.87. The molecule has 90 valence electrons. The first-order valence-electron chi connectivity index (χ1n) is 5.43. The van der Waals surface area contributed by atoms with Gasteiger partial charge in [-0.3, -0.25) is 9.48 Å². The second-order valence-corrected chi connectivity index (χ2v) is 4.97. The van der Waals surface area contributed by atoms with E-state index in [0.717, 1.165) is 22.7 Å². The zero-order valence-corrected chi connectivity index (χ0v) is 10.4. The molecule has 0 saturated carbocycles. The highest BCUT2D eigenvalue weighted by atomic mass is 32.1. The van der Waals surface area contributed by atoms with Crippen LogP contribution in [0.4, 0.5) is 0 Å². The molecule has 1 N–H and O–H groups in total. The zero-order valence-electron chi connectivity index (χ0n) is 9.59. The van der Waals surface area contributed by atoms with Crippen LogP contribution in [0.2, 0.25) is 0 Å². The lowest BCUT2D eigenvalue weighted by Crippen LogP contribution is -2.24. The van der Waals surface area contributed by atoms with E-state index in [1.54, 1.807) is 11.0 Å². The van der Waals surface area contributed by atoms with E-state index >= 15 is 0 Å². The van der Waals surface area contributed by atoms with Gasteiger partial charge in [0.2, 0.25) is 0 Å². The summed E-state index contributed by atoms with van der Waals surface area (Å²) in [5.41, 5.74) is 0. The predicted octanol–water partition coefficient (Wildman–Crippen LogP) is 1.47. The number of hydrogen-bond acceptors (Lipinski definition) is 4. The molecule has 0 aromatic carbocycles. The molecule has 0 spiro atoms. The lowest BCUT2D eigenvalue weighted by Gasteiger charge is -2.03. The summed E-state index contributed by atoms with van der Waals surface area (Å²) in [6.45, 7) is 3.41. The molecule has 0 unspecified atom stereocenters. The summed E-state index contributed by atoms with van der Waals surface area (Å²) in [7, 11) is 0. The Morgan fingerprint density at radius 3 is 3.06 bits per heavy atom. The molecule has 2 aromatic heterocycles. The highest BCUT2D eigenvalue weighted by Crippen LogP contribution is 2.14. The SMILES string of the molecule is Cc1ccc(C(=O)NCCCn2cncn2)s1. The number of amides is 1. The van der Waals surface area contributed by atoms with Gasteiger partial charge >= 0.3 is 0 Å². The molecule has 0 radical (unpaired) electrons. The Balaban J connectivity index is 1.70. The van der Waals surface area contributed by atoms with E-state index in [-0.39, 0.29) is 5.91 Å². The Morgan fingerprint density at radius 1 is 1.53 bits per heavy atom. The number of nitrogens with zero attached hydrogens (tertiary/aromatic N) is 3. The number of carbonyl (C=O) groups is 1. The molecule has 0 bridgehead atoms. The molecule has 2 rings (SSSR count). The Morgan fingerprint density at radius 2 is 2.41 bits per heavy atom. The summed E-state index contributed by atoms with van der Waals surface area (Å²) in [5.74, 6) is 0.00157. The van der Waals surface area contributed by atoms with E-state index in [4.69, 9.17) is 0 Å². The first-order valence-corrected chi connectivity index (χ1v) is 6.24. The van der Waals surface area contributed by atoms with Crippen LogP contribution >= 0.6 is 11.3 Å². The summed E-state index contributed by atoms with van der Waals surface area (Å²) in [6.07, 6.45) is 4.02. The van der Waals surface area contributed by atoms with Gasteiger partial charge in [-0.2, -0.15) is 5.10 Å². The van der Waals surface area contributed by atoms with Crippen LogP contribution < -0.4 is 5.32 Å². The Kier molecular flexibility index (Phi) is 3.87. The second kappa shape index (κ2) is 5.58. The molecule has 0 aliphatic carbocycles. The average molecular weight is 250 g/mol. The lowest BCUT2D eigenvalue weighted by molar-refractivity contribution is 0.0956. The van der Waals surface area contributed by atoms with Gasteiger partial charge in [-0.15, -0.1) is 11.3 Å². The van der Waals surface area contributed by atoms with Crippen molar-refractivity contribution in [2.45, 2.75) is 19.9 Å². The van der Waals surface area contributed by atoms with Gasteiger partial charge in [-0.1, -0.05) is 0 Å².